The van der Waals surface area contributed by atoms with E-state index in [1.165, 1.54) is 0 Å². The fourth-order valence-corrected chi connectivity index (χ4v) is 4.06. The van der Waals surface area contributed by atoms with Crippen LogP contribution in [0, 0.1) is 6.92 Å². The molecule has 1 saturated heterocycles. The Labute approximate surface area is 186 Å². The molecule has 1 amide bonds. The number of likely N-dealkylation sites (tertiary alicyclic amines) is 1. The van der Waals surface area contributed by atoms with Crippen molar-refractivity contribution in [3.8, 4) is 5.75 Å². The number of benzene rings is 2. The van der Waals surface area contributed by atoms with Gasteiger partial charge in [0.2, 0.25) is 5.91 Å². The third-order valence-corrected chi connectivity index (χ3v) is 6.21. The number of anilines is 1. The largest absolute Gasteiger partial charge is 0.491 e. The van der Waals surface area contributed by atoms with Crippen molar-refractivity contribution < 1.29 is 14.6 Å². The number of piperidine rings is 1. The fourth-order valence-electron chi connectivity index (χ4n) is 4.06. The molecule has 0 atom stereocenters. The Balaban J connectivity index is 1.47. The number of hydrogen-bond donors (Lipinski definition) is 1. The molecule has 1 fully saturated rings. The lowest BCUT2D eigenvalue weighted by molar-refractivity contribution is -0.134. The highest BCUT2D eigenvalue weighted by Gasteiger charge is 2.33. The van der Waals surface area contributed by atoms with Crippen LogP contribution in [0.5, 0.6) is 5.75 Å². The molecule has 31 heavy (non-hydrogen) atoms. The SMILES string of the molecule is Cc1ccccc1CC(=O)N1CCC(O)(CCN(C)c2ccc(OC(C)C)cc2)CC1. The van der Waals surface area contributed by atoms with E-state index in [4.69, 9.17) is 4.74 Å². The monoisotopic (exact) mass is 424 g/mol. The van der Waals surface area contributed by atoms with Crippen LogP contribution in [-0.4, -0.2) is 54.3 Å². The van der Waals surface area contributed by atoms with Gasteiger partial charge in [-0.15, -0.1) is 0 Å². The second-order valence-electron chi connectivity index (χ2n) is 9.04. The summed E-state index contributed by atoms with van der Waals surface area (Å²) in [4.78, 5) is 16.8. The zero-order chi connectivity index (χ0) is 22.4. The summed E-state index contributed by atoms with van der Waals surface area (Å²) < 4.78 is 5.70. The molecule has 1 aliphatic rings. The van der Waals surface area contributed by atoms with Gasteiger partial charge < -0.3 is 19.6 Å². The van der Waals surface area contributed by atoms with Crippen molar-refractivity contribution in [3.05, 3.63) is 59.7 Å². The third-order valence-electron chi connectivity index (χ3n) is 6.21. The van der Waals surface area contributed by atoms with E-state index in [1.54, 1.807) is 0 Å². The van der Waals surface area contributed by atoms with E-state index in [2.05, 4.69) is 17.0 Å². The van der Waals surface area contributed by atoms with Gasteiger partial charge in [0.25, 0.3) is 0 Å². The smallest absolute Gasteiger partial charge is 0.227 e. The molecule has 1 aliphatic heterocycles. The number of carbonyl (C=O) groups is 1. The maximum Gasteiger partial charge on any atom is 0.227 e. The normalized spacial score (nSPS) is 15.7. The molecule has 1 heterocycles. The van der Waals surface area contributed by atoms with E-state index in [9.17, 15) is 9.90 Å². The van der Waals surface area contributed by atoms with Gasteiger partial charge in [0.15, 0.2) is 0 Å². The van der Waals surface area contributed by atoms with E-state index >= 15 is 0 Å². The molecule has 0 spiro atoms. The van der Waals surface area contributed by atoms with Crippen molar-refractivity contribution in [2.45, 2.75) is 58.2 Å². The average molecular weight is 425 g/mol. The predicted molar refractivity (Wildman–Crippen MR) is 126 cm³/mol. The number of rotatable bonds is 8. The zero-order valence-corrected chi connectivity index (χ0v) is 19.3. The number of aliphatic hydroxyl groups is 1. The zero-order valence-electron chi connectivity index (χ0n) is 19.3. The first kappa shape index (κ1) is 23.1. The lowest BCUT2D eigenvalue weighted by Crippen LogP contribution is -2.48. The minimum atomic E-state index is -0.714. The van der Waals surface area contributed by atoms with Gasteiger partial charge >= 0.3 is 0 Å². The van der Waals surface area contributed by atoms with Crippen molar-refractivity contribution in [2.75, 3.05) is 31.6 Å². The van der Waals surface area contributed by atoms with Gasteiger partial charge in [-0.05, 0) is 75.4 Å². The molecule has 2 aromatic rings. The molecular weight excluding hydrogens is 388 g/mol. The molecule has 3 rings (SSSR count). The first-order valence-corrected chi connectivity index (χ1v) is 11.3. The van der Waals surface area contributed by atoms with Crippen LogP contribution >= 0.6 is 0 Å². The standard InChI is InChI=1S/C26H36N2O3/c1-20(2)31-24-11-9-23(10-12-24)27(4)16-13-26(30)14-17-28(18-15-26)25(29)19-22-8-6-5-7-21(22)3/h5-12,20,30H,13-19H2,1-4H3. The van der Waals surface area contributed by atoms with Crippen LogP contribution in [0.2, 0.25) is 0 Å². The quantitative estimate of drug-likeness (QED) is 0.690. The number of amides is 1. The van der Waals surface area contributed by atoms with Crippen LogP contribution in [0.15, 0.2) is 48.5 Å². The number of carbonyl (C=O) groups excluding carboxylic acids is 1. The first-order chi connectivity index (χ1) is 14.8. The summed E-state index contributed by atoms with van der Waals surface area (Å²) in [7, 11) is 2.04. The van der Waals surface area contributed by atoms with E-state index in [1.807, 2.05) is 69.1 Å². The van der Waals surface area contributed by atoms with Crippen molar-refractivity contribution >= 4 is 11.6 Å². The molecule has 5 nitrogen and oxygen atoms in total. The summed E-state index contributed by atoms with van der Waals surface area (Å²) in [6.45, 7) is 8.07. The summed E-state index contributed by atoms with van der Waals surface area (Å²) in [5.41, 5.74) is 2.62. The van der Waals surface area contributed by atoms with Crippen LogP contribution in [0.1, 0.15) is 44.2 Å². The lowest BCUT2D eigenvalue weighted by atomic mass is 9.87. The molecule has 168 valence electrons. The third kappa shape index (κ3) is 6.47. The van der Waals surface area contributed by atoms with Crippen LogP contribution < -0.4 is 9.64 Å². The number of hydrogen-bond acceptors (Lipinski definition) is 4. The Kier molecular flexibility index (Phi) is 7.60. The van der Waals surface area contributed by atoms with Crippen molar-refractivity contribution in [2.24, 2.45) is 0 Å². The Hall–Kier alpha value is -2.53. The molecule has 0 bridgehead atoms. The van der Waals surface area contributed by atoms with Gasteiger partial charge in [-0.1, -0.05) is 24.3 Å². The van der Waals surface area contributed by atoms with Crippen molar-refractivity contribution in [1.29, 1.82) is 0 Å². The summed E-state index contributed by atoms with van der Waals surface area (Å²) in [5.74, 6) is 1.02. The lowest BCUT2D eigenvalue weighted by Gasteiger charge is -2.39. The Morgan fingerprint density at radius 3 is 2.39 bits per heavy atom. The summed E-state index contributed by atoms with van der Waals surface area (Å²) in [6, 6.07) is 16.1. The predicted octanol–water partition coefficient (Wildman–Crippen LogP) is 4.20. The molecule has 0 saturated carbocycles. The fraction of sp³-hybridized carbons (Fsp3) is 0.500. The molecule has 2 aromatic carbocycles. The van der Waals surface area contributed by atoms with Gasteiger partial charge in [0.05, 0.1) is 18.1 Å². The van der Waals surface area contributed by atoms with Crippen LogP contribution in [-0.2, 0) is 11.2 Å². The van der Waals surface area contributed by atoms with E-state index in [-0.39, 0.29) is 12.0 Å². The van der Waals surface area contributed by atoms with E-state index in [0.717, 1.165) is 29.1 Å². The molecule has 0 aliphatic carbocycles. The average Bonchev–Trinajstić information content (AvgIpc) is 2.74. The van der Waals surface area contributed by atoms with Crippen LogP contribution in [0.25, 0.3) is 0 Å². The summed E-state index contributed by atoms with van der Waals surface area (Å²) in [5, 5.41) is 11.1. The number of aryl methyl sites for hydroxylation is 1. The van der Waals surface area contributed by atoms with E-state index < -0.39 is 5.60 Å². The van der Waals surface area contributed by atoms with Crippen molar-refractivity contribution in [3.63, 3.8) is 0 Å². The number of ether oxygens (including phenoxy) is 1. The summed E-state index contributed by atoms with van der Waals surface area (Å²) >= 11 is 0. The van der Waals surface area contributed by atoms with Gasteiger partial charge in [-0.3, -0.25) is 4.79 Å². The highest BCUT2D eigenvalue weighted by Crippen LogP contribution is 2.28. The number of nitrogens with zero attached hydrogens (tertiary/aromatic N) is 2. The van der Waals surface area contributed by atoms with Gasteiger partial charge in [0, 0.05) is 32.4 Å². The second-order valence-corrected chi connectivity index (χ2v) is 9.04. The minimum Gasteiger partial charge on any atom is -0.491 e. The van der Waals surface area contributed by atoms with Gasteiger partial charge in [-0.2, -0.15) is 0 Å². The Morgan fingerprint density at radius 1 is 1.13 bits per heavy atom. The van der Waals surface area contributed by atoms with E-state index in [0.29, 0.717) is 38.8 Å². The van der Waals surface area contributed by atoms with Gasteiger partial charge in [-0.25, -0.2) is 0 Å². The molecule has 0 aromatic heterocycles. The Morgan fingerprint density at radius 2 is 1.77 bits per heavy atom. The highest BCUT2D eigenvalue weighted by molar-refractivity contribution is 5.79. The highest BCUT2D eigenvalue weighted by atomic mass is 16.5. The maximum absolute atomic E-state index is 12.7. The maximum atomic E-state index is 12.7. The minimum absolute atomic E-state index is 0.150. The van der Waals surface area contributed by atoms with Crippen LogP contribution in [0.4, 0.5) is 5.69 Å². The van der Waals surface area contributed by atoms with Gasteiger partial charge in [0.1, 0.15) is 5.75 Å². The molecule has 0 unspecified atom stereocenters. The second kappa shape index (κ2) is 10.2. The molecule has 0 radical (unpaired) electrons. The van der Waals surface area contributed by atoms with Crippen LogP contribution in [0.3, 0.4) is 0 Å². The molecule has 5 heteroatoms. The van der Waals surface area contributed by atoms with Crippen molar-refractivity contribution in [1.82, 2.24) is 4.90 Å². The summed E-state index contributed by atoms with van der Waals surface area (Å²) in [6.07, 6.45) is 2.54. The Bertz CT molecular complexity index is 855. The first-order valence-electron chi connectivity index (χ1n) is 11.3. The molecular formula is C26H36N2O3. The molecule has 1 N–H and O–H groups in total. The topological polar surface area (TPSA) is 53.0 Å².